The Hall–Kier alpha value is -1.35. The highest BCUT2D eigenvalue weighted by Crippen LogP contribution is 2.35. The van der Waals surface area contributed by atoms with Gasteiger partial charge in [-0.1, -0.05) is 18.2 Å². The van der Waals surface area contributed by atoms with Crippen LogP contribution in [0, 0.1) is 5.92 Å². The van der Waals surface area contributed by atoms with Crippen LogP contribution >= 0.6 is 0 Å². The lowest BCUT2D eigenvalue weighted by molar-refractivity contribution is -0.111. The quantitative estimate of drug-likeness (QED) is 0.722. The van der Waals surface area contributed by atoms with Gasteiger partial charge in [0, 0.05) is 24.9 Å². The summed E-state index contributed by atoms with van der Waals surface area (Å²) >= 11 is 0. The Kier molecular flexibility index (Phi) is 3.25. The first-order valence-corrected chi connectivity index (χ1v) is 5.53. The van der Waals surface area contributed by atoms with Gasteiger partial charge in [-0.15, -0.1) is 0 Å². The third kappa shape index (κ3) is 1.95. The summed E-state index contributed by atoms with van der Waals surface area (Å²) in [6, 6.07) is 7.96. The first-order chi connectivity index (χ1) is 7.76. The van der Waals surface area contributed by atoms with E-state index in [1.54, 1.807) is 7.11 Å². The summed E-state index contributed by atoms with van der Waals surface area (Å²) in [5.74, 6) is 1.23. The molecule has 1 aromatic rings. The molecule has 0 radical (unpaired) electrons. The average molecular weight is 219 g/mol. The largest absolute Gasteiger partial charge is 0.496 e. The summed E-state index contributed by atoms with van der Waals surface area (Å²) in [4.78, 5) is 13.3. The van der Waals surface area contributed by atoms with Gasteiger partial charge in [-0.3, -0.25) is 0 Å². The zero-order chi connectivity index (χ0) is 11.5. The van der Waals surface area contributed by atoms with E-state index in [1.165, 1.54) is 0 Å². The molecule has 3 heteroatoms. The second-order valence-electron chi connectivity index (χ2n) is 4.37. The van der Waals surface area contributed by atoms with Gasteiger partial charge < -0.3 is 14.4 Å². The van der Waals surface area contributed by atoms with Crippen molar-refractivity contribution in [2.75, 3.05) is 27.2 Å². The van der Waals surface area contributed by atoms with E-state index in [0.717, 1.165) is 30.7 Å². The molecule has 0 unspecified atom stereocenters. The van der Waals surface area contributed by atoms with Crippen molar-refractivity contribution in [1.82, 2.24) is 4.90 Å². The summed E-state index contributed by atoms with van der Waals surface area (Å²) in [7, 11) is 3.72. The van der Waals surface area contributed by atoms with E-state index in [2.05, 4.69) is 11.0 Å². The molecule has 2 atom stereocenters. The maximum Gasteiger partial charge on any atom is 0.125 e. The molecule has 3 nitrogen and oxygen atoms in total. The smallest absolute Gasteiger partial charge is 0.125 e. The van der Waals surface area contributed by atoms with E-state index < -0.39 is 0 Å². The van der Waals surface area contributed by atoms with E-state index in [4.69, 9.17) is 4.74 Å². The highest BCUT2D eigenvalue weighted by molar-refractivity contribution is 5.58. The predicted octanol–water partition coefficient (Wildman–Crippen LogP) is 1.54. The summed E-state index contributed by atoms with van der Waals surface area (Å²) in [5, 5.41) is 0. The highest BCUT2D eigenvalue weighted by Gasteiger charge is 2.33. The SMILES string of the molecule is COc1ccccc1[C@@H]1CN(C)C[C@H]1C=O. The molecule has 0 bridgehead atoms. The normalized spacial score (nSPS) is 25.6. The first kappa shape index (κ1) is 11.1. The van der Waals surface area contributed by atoms with Crippen molar-refractivity contribution in [1.29, 1.82) is 0 Å². The third-order valence-electron chi connectivity index (χ3n) is 3.26. The number of likely N-dealkylation sites (tertiary alicyclic amines) is 1. The van der Waals surface area contributed by atoms with Gasteiger partial charge in [-0.25, -0.2) is 0 Å². The van der Waals surface area contributed by atoms with Gasteiger partial charge in [0.2, 0.25) is 0 Å². The average Bonchev–Trinajstić information content (AvgIpc) is 2.70. The minimum atomic E-state index is 0.0845. The Bertz CT molecular complexity index is 378. The molecule has 1 heterocycles. The fourth-order valence-corrected chi connectivity index (χ4v) is 2.47. The monoisotopic (exact) mass is 219 g/mol. The summed E-state index contributed by atoms with van der Waals surface area (Å²) in [5.41, 5.74) is 1.14. The molecule has 0 saturated carbocycles. The summed E-state index contributed by atoms with van der Waals surface area (Å²) in [6.45, 7) is 1.76. The Balaban J connectivity index is 2.32. The number of para-hydroxylation sites is 1. The number of rotatable bonds is 3. The van der Waals surface area contributed by atoms with Crippen LogP contribution in [0.4, 0.5) is 0 Å². The van der Waals surface area contributed by atoms with Crippen molar-refractivity contribution in [2.45, 2.75) is 5.92 Å². The van der Waals surface area contributed by atoms with Gasteiger partial charge in [-0.05, 0) is 18.7 Å². The second-order valence-corrected chi connectivity index (χ2v) is 4.37. The van der Waals surface area contributed by atoms with Gasteiger partial charge in [-0.2, -0.15) is 0 Å². The molecule has 86 valence electrons. The number of ether oxygens (including phenoxy) is 1. The molecule has 2 rings (SSSR count). The Morgan fingerprint density at radius 2 is 2.12 bits per heavy atom. The number of likely N-dealkylation sites (N-methyl/N-ethyl adjacent to an activating group) is 1. The molecule has 1 aliphatic heterocycles. The number of carbonyl (C=O) groups excluding carboxylic acids is 1. The van der Waals surface area contributed by atoms with Crippen LogP contribution in [0.2, 0.25) is 0 Å². The van der Waals surface area contributed by atoms with Crippen LogP contribution in [-0.4, -0.2) is 38.4 Å². The van der Waals surface area contributed by atoms with Gasteiger partial charge in [0.1, 0.15) is 12.0 Å². The topological polar surface area (TPSA) is 29.5 Å². The zero-order valence-electron chi connectivity index (χ0n) is 9.72. The van der Waals surface area contributed by atoms with Crippen LogP contribution < -0.4 is 4.74 Å². The van der Waals surface area contributed by atoms with E-state index in [1.807, 2.05) is 25.2 Å². The maximum absolute atomic E-state index is 11.1. The molecule has 1 saturated heterocycles. The van der Waals surface area contributed by atoms with Gasteiger partial charge in [0.25, 0.3) is 0 Å². The molecule has 1 fully saturated rings. The molecule has 1 aliphatic rings. The number of benzene rings is 1. The van der Waals surface area contributed by atoms with Crippen LogP contribution in [0.25, 0.3) is 0 Å². The van der Waals surface area contributed by atoms with Crippen LogP contribution in [0.5, 0.6) is 5.75 Å². The van der Waals surface area contributed by atoms with Crippen molar-refractivity contribution < 1.29 is 9.53 Å². The molecule has 0 aromatic heterocycles. The number of nitrogens with zero attached hydrogens (tertiary/aromatic N) is 1. The standard InChI is InChI=1S/C13H17NO2/c1-14-7-10(9-15)12(8-14)11-5-3-4-6-13(11)16-2/h3-6,9-10,12H,7-8H2,1-2H3/t10-,12+/m0/s1. The summed E-state index contributed by atoms with van der Waals surface area (Å²) in [6.07, 6.45) is 1.07. The number of methoxy groups -OCH3 is 1. The molecule has 0 amide bonds. The maximum atomic E-state index is 11.1. The fourth-order valence-electron chi connectivity index (χ4n) is 2.47. The Morgan fingerprint density at radius 1 is 1.38 bits per heavy atom. The lowest BCUT2D eigenvalue weighted by Gasteiger charge is -2.17. The Morgan fingerprint density at radius 3 is 2.81 bits per heavy atom. The van der Waals surface area contributed by atoms with Crippen molar-refractivity contribution in [3.63, 3.8) is 0 Å². The minimum Gasteiger partial charge on any atom is -0.496 e. The van der Waals surface area contributed by atoms with Crippen molar-refractivity contribution in [3.8, 4) is 5.75 Å². The lowest BCUT2D eigenvalue weighted by Crippen LogP contribution is -2.14. The van der Waals surface area contributed by atoms with Crippen molar-refractivity contribution in [3.05, 3.63) is 29.8 Å². The fraction of sp³-hybridized carbons (Fsp3) is 0.462. The lowest BCUT2D eigenvalue weighted by atomic mass is 9.89. The number of carbonyl (C=O) groups is 1. The molecular weight excluding hydrogens is 202 g/mol. The van der Waals surface area contributed by atoms with Crippen LogP contribution in [-0.2, 0) is 4.79 Å². The van der Waals surface area contributed by atoms with E-state index >= 15 is 0 Å². The molecule has 1 aromatic carbocycles. The molecule has 0 aliphatic carbocycles. The minimum absolute atomic E-state index is 0.0845. The van der Waals surface area contributed by atoms with Crippen molar-refractivity contribution in [2.24, 2.45) is 5.92 Å². The summed E-state index contributed by atoms with van der Waals surface area (Å²) < 4.78 is 5.35. The van der Waals surface area contributed by atoms with E-state index in [9.17, 15) is 4.79 Å². The van der Waals surface area contributed by atoms with Gasteiger partial charge in [0.05, 0.1) is 7.11 Å². The first-order valence-electron chi connectivity index (χ1n) is 5.53. The predicted molar refractivity (Wildman–Crippen MR) is 62.8 cm³/mol. The van der Waals surface area contributed by atoms with Crippen LogP contribution in [0.3, 0.4) is 0 Å². The third-order valence-corrected chi connectivity index (χ3v) is 3.26. The van der Waals surface area contributed by atoms with E-state index in [0.29, 0.717) is 0 Å². The molecule has 0 spiro atoms. The number of hydrogen-bond donors (Lipinski definition) is 0. The van der Waals surface area contributed by atoms with Crippen LogP contribution in [0.15, 0.2) is 24.3 Å². The number of aldehydes is 1. The molecular formula is C13H17NO2. The van der Waals surface area contributed by atoms with Gasteiger partial charge >= 0.3 is 0 Å². The Labute approximate surface area is 96.0 Å². The van der Waals surface area contributed by atoms with E-state index in [-0.39, 0.29) is 11.8 Å². The second kappa shape index (κ2) is 4.66. The molecule has 16 heavy (non-hydrogen) atoms. The number of hydrogen-bond acceptors (Lipinski definition) is 3. The molecule has 0 N–H and O–H groups in total. The highest BCUT2D eigenvalue weighted by atomic mass is 16.5. The zero-order valence-corrected chi connectivity index (χ0v) is 9.72. The van der Waals surface area contributed by atoms with Gasteiger partial charge in [0.15, 0.2) is 0 Å². The van der Waals surface area contributed by atoms with Crippen LogP contribution in [0.1, 0.15) is 11.5 Å². The van der Waals surface area contributed by atoms with Crippen molar-refractivity contribution >= 4 is 6.29 Å².